The molecule has 0 radical (unpaired) electrons. The van der Waals surface area contributed by atoms with Gasteiger partial charge in [-0.3, -0.25) is 0 Å². The number of hydrogen-bond donors (Lipinski definition) is 1. The Labute approximate surface area is 156 Å². The molecule has 1 N–H and O–H groups in total. The topological polar surface area (TPSA) is 55.1 Å². The summed E-state index contributed by atoms with van der Waals surface area (Å²) in [7, 11) is 0. The van der Waals surface area contributed by atoms with Crippen LogP contribution in [0.2, 0.25) is 0 Å². The Balaban J connectivity index is 1.68. The van der Waals surface area contributed by atoms with Crippen LogP contribution >= 0.6 is 0 Å². The molecule has 0 aliphatic heterocycles. The molecule has 4 aromatic rings. The van der Waals surface area contributed by atoms with E-state index >= 15 is 0 Å². The van der Waals surface area contributed by atoms with Gasteiger partial charge in [0.1, 0.15) is 17.3 Å². The van der Waals surface area contributed by atoms with Crippen molar-refractivity contribution in [2.24, 2.45) is 0 Å². The summed E-state index contributed by atoms with van der Waals surface area (Å²) >= 11 is 0. The second-order valence-corrected chi connectivity index (χ2v) is 7.14. The van der Waals surface area contributed by atoms with Gasteiger partial charge in [-0.05, 0) is 49.2 Å². The quantitative estimate of drug-likeness (QED) is 0.568. The molecule has 0 amide bonds. The van der Waals surface area contributed by atoms with Crippen LogP contribution in [-0.4, -0.2) is 25.9 Å². The van der Waals surface area contributed by atoms with Gasteiger partial charge in [-0.15, -0.1) is 5.10 Å². The number of para-hydroxylation sites is 1. The minimum absolute atomic E-state index is 0.270. The highest BCUT2D eigenvalue weighted by molar-refractivity contribution is 5.93. The largest absolute Gasteiger partial charge is 0.367 e. The molecule has 1 aliphatic rings. The number of anilines is 1. The van der Waals surface area contributed by atoms with Crippen LogP contribution in [0, 0.1) is 5.82 Å². The molecule has 1 aliphatic carbocycles. The van der Waals surface area contributed by atoms with E-state index in [9.17, 15) is 4.39 Å². The van der Waals surface area contributed by atoms with Crippen molar-refractivity contribution in [3.63, 3.8) is 0 Å². The van der Waals surface area contributed by atoms with Gasteiger partial charge in [0, 0.05) is 17.0 Å². The van der Waals surface area contributed by atoms with Gasteiger partial charge in [0.25, 0.3) is 0 Å². The van der Waals surface area contributed by atoms with Gasteiger partial charge < -0.3 is 5.32 Å². The molecule has 2 aromatic heterocycles. The van der Waals surface area contributed by atoms with Crippen LogP contribution in [0.4, 0.5) is 10.2 Å². The molecule has 0 unspecified atom stereocenters. The van der Waals surface area contributed by atoms with Gasteiger partial charge in [0.05, 0.1) is 5.52 Å². The summed E-state index contributed by atoms with van der Waals surface area (Å²) in [5.74, 6) is 0.601. The van der Waals surface area contributed by atoms with E-state index in [2.05, 4.69) is 21.7 Å². The van der Waals surface area contributed by atoms with Crippen molar-refractivity contribution in [2.75, 3.05) is 5.32 Å². The lowest BCUT2D eigenvalue weighted by atomic mass is 9.95. The fourth-order valence-corrected chi connectivity index (χ4v) is 3.91. The predicted octanol–water partition coefficient (Wildman–Crippen LogP) is 4.83. The van der Waals surface area contributed by atoms with Crippen LogP contribution < -0.4 is 5.32 Å². The van der Waals surface area contributed by atoms with E-state index in [0.29, 0.717) is 17.4 Å². The van der Waals surface area contributed by atoms with Gasteiger partial charge in [-0.2, -0.15) is 4.52 Å². The fraction of sp³-hybridized carbons (Fsp3) is 0.286. The summed E-state index contributed by atoms with van der Waals surface area (Å²) in [6.07, 6.45) is 6.17. The van der Waals surface area contributed by atoms with E-state index in [1.165, 1.54) is 44.2 Å². The van der Waals surface area contributed by atoms with Crippen LogP contribution in [0.1, 0.15) is 32.1 Å². The van der Waals surface area contributed by atoms with Crippen LogP contribution in [0.3, 0.4) is 0 Å². The Kier molecular flexibility index (Phi) is 3.96. The fourth-order valence-electron chi connectivity index (χ4n) is 3.91. The van der Waals surface area contributed by atoms with Crippen molar-refractivity contribution in [2.45, 2.75) is 38.1 Å². The Morgan fingerprint density at radius 3 is 2.56 bits per heavy atom. The standard InChI is InChI=1S/C21H20FN5/c22-15-12-10-14(11-13-15)19-21-24-20(23-16-6-2-1-3-7-16)17-8-4-5-9-18(17)27(21)26-25-19/h4-5,8-13,16H,1-3,6-7H2,(H,23,24). The van der Waals surface area contributed by atoms with Crippen LogP contribution in [0.5, 0.6) is 0 Å². The van der Waals surface area contributed by atoms with Crippen molar-refractivity contribution in [1.29, 1.82) is 0 Å². The first-order chi connectivity index (χ1) is 13.3. The highest BCUT2D eigenvalue weighted by atomic mass is 19.1. The number of rotatable bonds is 3. The molecule has 136 valence electrons. The highest BCUT2D eigenvalue weighted by Gasteiger charge is 2.19. The van der Waals surface area contributed by atoms with Gasteiger partial charge >= 0.3 is 0 Å². The van der Waals surface area contributed by atoms with Gasteiger partial charge in [0.15, 0.2) is 5.65 Å². The predicted molar refractivity (Wildman–Crippen MR) is 104 cm³/mol. The summed E-state index contributed by atoms with van der Waals surface area (Å²) in [5.41, 5.74) is 3.10. The first-order valence-electron chi connectivity index (χ1n) is 9.46. The van der Waals surface area contributed by atoms with Gasteiger partial charge in [0.2, 0.25) is 0 Å². The monoisotopic (exact) mass is 361 g/mol. The first-order valence-corrected chi connectivity index (χ1v) is 9.46. The molecule has 5 rings (SSSR count). The molecule has 5 nitrogen and oxygen atoms in total. The Morgan fingerprint density at radius 1 is 0.963 bits per heavy atom. The third kappa shape index (κ3) is 2.91. The highest BCUT2D eigenvalue weighted by Crippen LogP contribution is 2.30. The molecule has 6 heteroatoms. The average Bonchev–Trinajstić information content (AvgIpc) is 3.14. The number of fused-ring (bicyclic) bond motifs is 3. The second kappa shape index (κ2) is 6.61. The SMILES string of the molecule is Fc1ccc(-c2nnn3c2nc(NC2CCCCC2)c2ccccc23)cc1. The van der Waals surface area contributed by atoms with Crippen molar-refractivity contribution < 1.29 is 4.39 Å². The minimum atomic E-state index is -0.270. The molecule has 2 heterocycles. The zero-order chi connectivity index (χ0) is 18.2. The molecule has 1 saturated carbocycles. The molecule has 0 saturated heterocycles. The second-order valence-electron chi connectivity index (χ2n) is 7.14. The zero-order valence-corrected chi connectivity index (χ0v) is 14.9. The molecule has 2 aromatic carbocycles. The molecule has 1 fully saturated rings. The molecule has 0 atom stereocenters. The van der Waals surface area contributed by atoms with E-state index in [1.54, 1.807) is 16.6 Å². The number of hydrogen-bond acceptors (Lipinski definition) is 4. The summed E-state index contributed by atoms with van der Waals surface area (Å²) in [6, 6.07) is 14.8. The lowest BCUT2D eigenvalue weighted by Crippen LogP contribution is -2.23. The summed E-state index contributed by atoms with van der Waals surface area (Å²) in [4.78, 5) is 4.89. The maximum Gasteiger partial charge on any atom is 0.186 e. The number of nitrogens with one attached hydrogen (secondary N) is 1. The van der Waals surface area contributed by atoms with Crippen LogP contribution in [0.25, 0.3) is 27.8 Å². The summed E-state index contributed by atoms with van der Waals surface area (Å²) in [6.45, 7) is 0. The average molecular weight is 361 g/mol. The van der Waals surface area contributed by atoms with E-state index in [-0.39, 0.29) is 5.82 Å². The Bertz CT molecular complexity index is 1100. The third-order valence-electron chi connectivity index (χ3n) is 5.32. The number of benzene rings is 2. The number of halogens is 1. The number of aromatic nitrogens is 4. The maximum atomic E-state index is 13.3. The summed E-state index contributed by atoms with van der Waals surface area (Å²) in [5, 5.41) is 13.3. The first kappa shape index (κ1) is 16.2. The summed E-state index contributed by atoms with van der Waals surface area (Å²) < 4.78 is 15.1. The van der Waals surface area contributed by atoms with Crippen molar-refractivity contribution in [3.8, 4) is 11.3 Å². The van der Waals surface area contributed by atoms with Crippen LogP contribution in [0.15, 0.2) is 48.5 Å². The minimum Gasteiger partial charge on any atom is -0.367 e. The smallest absolute Gasteiger partial charge is 0.186 e. The maximum absolute atomic E-state index is 13.3. The lowest BCUT2D eigenvalue weighted by Gasteiger charge is -2.24. The van der Waals surface area contributed by atoms with Crippen molar-refractivity contribution in [3.05, 3.63) is 54.3 Å². The zero-order valence-electron chi connectivity index (χ0n) is 14.9. The molecule has 27 heavy (non-hydrogen) atoms. The van der Waals surface area contributed by atoms with E-state index in [0.717, 1.165) is 22.3 Å². The number of nitrogens with zero attached hydrogens (tertiary/aromatic N) is 4. The van der Waals surface area contributed by atoms with E-state index < -0.39 is 0 Å². The molecule has 0 bridgehead atoms. The molecule has 0 spiro atoms. The molecular weight excluding hydrogens is 341 g/mol. The Morgan fingerprint density at radius 2 is 1.74 bits per heavy atom. The van der Waals surface area contributed by atoms with Crippen LogP contribution in [-0.2, 0) is 0 Å². The third-order valence-corrected chi connectivity index (χ3v) is 5.32. The van der Waals surface area contributed by atoms with Gasteiger partial charge in [-0.25, -0.2) is 9.37 Å². The van der Waals surface area contributed by atoms with Crippen molar-refractivity contribution in [1.82, 2.24) is 19.8 Å². The van der Waals surface area contributed by atoms with E-state index in [1.807, 2.05) is 18.2 Å². The lowest BCUT2D eigenvalue weighted by molar-refractivity contribution is 0.462. The molecular formula is C21H20FN5. The van der Waals surface area contributed by atoms with Gasteiger partial charge in [-0.1, -0.05) is 36.6 Å². The van der Waals surface area contributed by atoms with Crippen molar-refractivity contribution >= 4 is 22.4 Å². The van der Waals surface area contributed by atoms with E-state index in [4.69, 9.17) is 4.98 Å². The Hall–Kier alpha value is -3.02. The normalized spacial score (nSPS) is 15.4.